The third-order valence-electron chi connectivity index (χ3n) is 1.98. The van der Waals surface area contributed by atoms with E-state index in [-0.39, 0.29) is 22.1 Å². The molecule has 0 fully saturated rings. The number of amides is 1. The van der Waals surface area contributed by atoms with Crippen LogP contribution in [0.3, 0.4) is 0 Å². The first-order valence-corrected chi connectivity index (χ1v) is 6.06. The SMILES string of the molecule is C=CCNC(=O)CSc1cc(C(=O)O)ccc1F. The summed E-state index contributed by atoms with van der Waals surface area (Å²) in [6, 6.07) is 3.47. The number of hydrogen-bond acceptors (Lipinski definition) is 3. The normalized spacial score (nSPS) is 9.83. The molecule has 2 N–H and O–H groups in total. The summed E-state index contributed by atoms with van der Waals surface area (Å²) in [5.74, 6) is -1.91. The number of benzene rings is 1. The van der Waals surface area contributed by atoms with Gasteiger partial charge in [0.15, 0.2) is 0 Å². The monoisotopic (exact) mass is 269 g/mol. The van der Waals surface area contributed by atoms with E-state index >= 15 is 0 Å². The van der Waals surface area contributed by atoms with Crippen molar-refractivity contribution in [3.8, 4) is 0 Å². The summed E-state index contributed by atoms with van der Waals surface area (Å²) >= 11 is 0.952. The Bertz CT molecular complexity index is 476. The molecule has 6 heteroatoms. The minimum Gasteiger partial charge on any atom is -0.478 e. The Hall–Kier alpha value is -1.82. The Morgan fingerprint density at radius 3 is 2.83 bits per heavy atom. The lowest BCUT2D eigenvalue weighted by molar-refractivity contribution is -0.118. The fourth-order valence-corrected chi connectivity index (χ4v) is 1.93. The summed E-state index contributed by atoms with van der Waals surface area (Å²) in [6.07, 6.45) is 1.54. The smallest absolute Gasteiger partial charge is 0.335 e. The average Bonchev–Trinajstić information content (AvgIpc) is 2.35. The van der Waals surface area contributed by atoms with Crippen LogP contribution < -0.4 is 5.32 Å². The molecule has 0 bridgehead atoms. The Kier molecular flexibility index (Phi) is 5.38. The maximum atomic E-state index is 13.4. The Labute approximate surface area is 108 Å². The number of carboxylic acid groups (broad SMARTS) is 1. The zero-order valence-electron chi connectivity index (χ0n) is 9.48. The molecule has 0 aromatic heterocycles. The number of carbonyl (C=O) groups excluding carboxylic acids is 1. The molecule has 0 atom stereocenters. The predicted molar refractivity (Wildman–Crippen MR) is 67.3 cm³/mol. The number of aromatic carboxylic acids is 1. The van der Waals surface area contributed by atoms with Crippen LogP contribution in [-0.4, -0.2) is 29.3 Å². The summed E-state index contributed by atoms with van der Waals surface area (Å²) < 4.78 is 13.4. The zero-order chi connectivity index (χ0) is 13.5. The maximum Gasteiger partial charge on any atom is 0.335 e. The van der Waals surface area contributed by atoms with Crippen molar-refractivity contribution in [1.29, 1.82) is 0 Å². The zero-order valence-corrected chi connectivity index (χ0v) is 10.3. The molecule has 1 rings (SSSR count). The molecule has 0 radical (unpaired) electrons. The van der Waals surface area contributed by atoms with Crippen LogP contribution >= 0.6 is 11.8 Å². The topological polar surface area (TPSA) is 66.4 Å². The largest absolute Gasteiger partial charge is 0.478 e. The fourth-order valence-electron chi connectivity index (χ4n) is 1.13. The first-order chi connectivity index (χ1) is 8.54. The molecule has 0 saturated heterocycles. The summed E-state index contributed by atoms with van der Waals surface area (Å²) in [7, 11) is 0. The highest BCUT2D eigenvalue weighted by Crippen LogP contribution is 2.22. The molecule has 0 saturated carbocycles. The molecule has 0 spiro atoms. The van der Waals surface area contributed by atoms with Gasteiger partial charge in [0, 0.05) is 11.4 Å². The van der Waals surface area contributed by atoms with Crippen LogP contribution in [0.4, 0.5) is 4.39 Å². The van der Waals surface area contributed by atoms with E-state index in [1.165, 1.54) is 18.2 Å². The van der Waals surface area contributed by atoms with Gasteiger partial charge >= 0.3 is 5.97 Å². The van der Waals surface area contributed by atoms with Crippen molar-refractivity contribution in [1.82, 2.24) is 5.32 Å². The van der Waals surface area contributed by atoms with E-state index in [1.54, 1.807) is 0 Å². The van der Waals surface area contributed by atoms with Gasteiger partial charge in [0.05, 0.1) is 11.3 Å². The molecule has 0 aliphatic rings. The fraction of sp³-hybridized carbons (Fsp3) is 0.167. The number of hydrogen-bond donors (Lipinski definition) is 2. The minimum absolute atomic E-state index is 0.00889. The van der Waals surface area contributed by atoms with Crippen LogP contribution in [0.5, 0.6) is 0 Å². The van der Waals surface area contributed by atoms with Gasteiger partial charge in [-0.05, 0) is 18.2 Å². The van der Waals surface area contributed by atoms with Crippen LogP contribution in [0.1, 0.15) is 10.4 Å². The summed E-state index contributed by atoms with van der Waals surface area (Å²) in [5, 5.41) is 11.3. The summed E-state index contributed by atoms with van der Waals surface area (Å²) in [4.78, 5) is 22.2. The number of carboxylic acids is 1. The summed E-state index contributed by atoms with van der Waals surface area (Å²) in [5.41, 5.74) is -0.00889. The number of carbonyl (C=O) groups is 2. The van der Waals surface area contributed by atoms with Gasteiger partial charge in [0.1, 0.15) is 5.82 Å². The molecule has 1 aromatic rings. The molecule has 0 aliphatic carbocycles. The van der Waals surface area contributed by atoms with E-state index in [0.29, 0.717) is 6.54 Å². The van der Waals surface area contributed by atoms with Crippen molar-refractivity contribution >= 4 is 23.6 Å². The lowest BCUT2D eigenvalue weighted by atomic mass is 10.2. The van der Waals surface area contributed by atoms with Crippen molar-refractivity contribution in [2.75, 3.05) is 12.3 Å². The van der Waals surface area contributed by atoms with Crippen molar-refractivity contribution in [2.45, 2.75) is 4.90 Å². The number of nitrogens with one attached hydrogen (secondary N) is 1. The van der Waals surface area contributed by atoms with Gasteiger partial charge in [-0.25, -0.2) is 9.18 Å². The third kappa shape index (κ3) is 4.21. The molecule has 4 nitrogen and oxygen atoms in total. The highest BCUT2D eigenvalue weighted by atomic mass is 32.2. The van der Waals surface area contributed by atoms with Crippen LogP contribution in [0.15, 0.2) is 35.7 Å². The van der Waals surface area contributed by atoms with E-state index in [0.717, 1.165) is 17.8 Å². The van der Waals surface area contributed by atoms with E-state index in [1.807, 2.05) is 0 Å². The maximum absolute atomic E-state index is 13.4. The molecular weight excluding hydrogens is 257 g/mol. The van der Waals surface area contributed by atoms with Crippen LogP contribution in [0.25, 0.3) is 0 Å². The second-order valence-corrected chi connectivity index (χ2v) is 4.35. The first-order valence-electron chi connectivity index (χ1n) is 5.08. The quantitative estimate of drug-likeness (QED) is 0.611. The van der Waals surface area contributed by atoms with Gasteiger partial charge in [0.25, 0.3) is 0 Å². The van der Waals surface area contributed by atoms with Crippen LogP contribution in [-0.2, 0) is 4.79 Å². The van der Waals surface area contributed by atoms with Crippen molar-refractivity contribution < 1.29 is 19.1 Å². The van der Waals surface area contributed by atoms with E-state index in [4.69, 9.17) is 5.11 Å². The Morgan fingerprint density at radius 1 is 1.50 bits per heavy atom. The van der Waals surface area contributed by atoms with Crippen molar-refractivity contribution in [3.63, 3.8) is 0 Å². The predicted octanol–water partition coefficient (Wildman–Crippen LogP) is 1.92. The lowest BCUT2D eigenvalue weighted by Gasteiger charge is -2.05. The van der Waals surface area contributed by atoms with Crippen LogP contribution in [0, 0.1) is 5.82 Å². The Balaban J connectivity index is 2.66. The molecule has 0 unspecified atom stereocenters. The van der Waals surface area contributed by atoms with E-state index in [2.05, 4.69) is 11.9 Å². The van der Waals surface area contributed by atoms with E-state index in [9.17, 15) is 14.0 Å². The second kappa shape index (κ2) is 6.80. The lowest BCUT2D eigenvalue weighted by Crippen LogP contribution is -2.24. The van der Waals surface area contributed by atoms with Gasteiger partial charge in [-0.3, -0.25) is 4.79 Å². The van der Waals surface area contributed by atoms with Crippen LogP contribution in [0.2, 0.25) is 0 Å². The molecular formula is C12H12FNO3S. The number of thioether (sulfide) groups is 1. The number of rotatable bonds is 6. The standard InChI is InChI=1S/C12H12FNO3S/c1-2-5-14-11(15)7-18-10-6-8(12(16)17)3-4-9(10)13/h2-4,6H,1,5,7H2,(H,14,15)(H,16,17). The highest BCUT2D eigenvalue weighted by Gasteiger charge is 2.10. The van der Waals surface area contributed by atoms with Gasteiger partial charge in [-0.1, -0.05) is 6.08 Å². The summed E-state index contributed by atoms with van der Waals surface area (Å²) in [6.45, 7) is 3.79. The Morgan fingerprint density at radius 2 is 2.22 bits per heavy atom. The minimum atomic E-state index is -1.13. The van der Waals surface area contributed by atoms with Gasteiger partial charge in [0.2, 0.25) is 5.91 Å². The third-order valence-corrected chi connectivity index (χ3v) is 3.01. The second-order valence-electron chi connectivity index (χ2n) is 3.33. The number of halogens is 1. The van der Waals surface area contributed by atoms with Crippen molar-refractivity contribution in [3.05, 3.63) is 42.2 Å². The van der Waals surface area contributed by atoms with Crippen molar-refractivity contribution in [2.24, 2.45) is 0 Å². The van der Waals surface area contributed by atoms with Gasteiger partial charge < -0.3 is 10.4 Å². The van der Waals surface area contributed by atoms with E-state index < -0.39 is 11.8 Å². The molecule has 1 aromatic carbocycles. The van der Waals surface area contributed by atoms with Gasteiger partial charge in [-0.15, -0.1) is 18.3 Å². The molecule has 96 valence electrons. The molecule has 18 heavy (non-hydrogen) atoms. The molecule has 0 heterocycles. The average molecular weight is 269 g/mol. The first kappa shape index (κ1) is 14.2. The van der Waals surface area contributed by atoms with Gasteiger partial charge in [-0.2, -0.15) is 0 Å². The molecule has 1 amide bonds. The highest BCUT2D eigenvalue weighted by molar-refractivity contribution is 8.00. The molecule has 0 aliphatic heterocycles.